The third-order valence-corrected chi connectivity index (χ3v) is 4.41. The van der Waals surface area contributed by atoms with E-state index in [0.29, 0.717) is 17.2 Å². The summed E-state index contributed by atoms with van der Waals surface area (Å²) in [7, 11) is -3.28. The number of sulfonamides is 1. The standard InChI is InChI=1S/C14H17NO3S/c1-11-4-5-12(3-2-8-16)9-14(11)15-19(17,18)10-13-6-7-13/h4-5,9,13,15-16H,6-8,10H2,1H3. The molecule has 0 atom stereocenters. The van der Waals surface area contributed by atoms with Gasteiger partial charge in [-0.3, -0.25) is 4.72 Å². The highest BCUT2D eigenvalue weighted by molar-refractivity contribution is 7.92. The first-order valence-corrected chi connectivity index (χ1v) is 7.86. The third-order valence-electron chi connectivity index (χ3n) is 2.97. The topological polar surface area (TPSA) is 66.4 Å². The fourth-order valence-electron chi connectivity index (χ4n) is 1.76. The molecule has 1 saturated carbocycles. The Kier molecular flexibility index (Phi) is 4.13. The summed E-state index contributed by atoms with van der Waals surface area (Å²) in [5.74, 6) is 5.82. The summed E-state index contributed by atoms with van der Waals surface area (Å²) >= 11 is 0. The molecule has 0 amide bonds. The highest BCUT2D eigenvalue weighted by atomic mass is 32.2. The minimum atomic E-state index is -3.28. The summed E-state index contributed by atoms with van der Waals surface area (Å²) in [4.78, 5) is 0. The molecular formula is C14H17NO3S. The van der Waals surface area contributed by atoms with Crippen LogP contribution in [-0.4, -0.2) is 25.9 Å². The fraction of sp³-hybridized carbons (Fsp3) is 0.429. The molecule has 0 unspecified atom stereocenters. The highest BCUT2D eigenvalue weighted by Gasteiger charge is 2.28. The Bertz CT molecular complexity index is 622. The SMILES string of the molecule is Cc1ccc(C#CCO)cc1NS(=O)(=O)CC1CC1. The number of nitrogens with one attached hydrogen (secondary N) is 1. The van der Waals surface area contributed by atoms with E-state index in [2.05, 4.69) is 16.6 Å². The molecule has 0 saturated heterocycles. The monoisotopic (exact) mass is 279 g/mol. The van der Waals surface area contributed by atoms with E-state index in [1.165, 1.54) is 0 Å². The molecule has 2 rings (SSSR count). The Morgan fingerprint density at radius 3 is 2.79 bits per heavy atom. The van der Waals surface area contributed by atoms with E-state index < -0.39 is 10.0 Å². The minimum absolute atomic E-state index is 0.193. The Labute approximate surface area is 113 Å². The molecule has 102 valence electrons. The van der Waals surface area contributed by atoms with Gasteiger partial charge < -0.3 is 5.11 Å². The maximum atomic E-state index is 11.9. The van der Waals surface area contributed by atoms with Crippen LogP contribution in [-0.2, 0) is 10.0 Å². The lowest BCUT2D eigenvalue weighted by atomic mass is 10.1. The van der Waals surface area contributed by atoms with Crippen LogP contribution in [0.5, 0.6) is 0 Å². The van der Waals surface area contributed by atoms with E-state index in [0.717, 1.165) is 18.4 Å². The lowest BCUT2D eigenvalue weighted by molar-refractivity contribution is 0.350. The maximum absolute atomic E-state index is 11.9. The molecule has 0 spiro atoms. The summed E-state index contributed by atoms with van der Waals surface area (Å²) in [6, 6.07) is 5.31. The third kappa shape index (κ3) is 4.27. The van der Waals surface area contributed by atoms with Crippen LogP contribution in [0.15, 0.2) is 18.2 Å². The Morgan fingerprint density at radius 2 is 2.16 bits per heavy atom. The second-order valence-electron chi connectivity index (χ2n) is 4.82. The van der Waals surface area contributed by atoms with E-state index >= 15 is 0 Å². The summed E-state index contributed by atoms with van der Waals surface area (Å²) in [6.45, 7) is 1.63. The molecule has 19 heavy (non-hydrogen) atoms. The largest absolute Gasteiger partial charge is 0.384 e. The van der Waals surface area contributed by atoms with Crippen LogP contribution >= 0.6 is 0 Å². The Balaban J connectivity index is 2.18. The van der Waals surface area contributed by atoms with Crippen molar-refractivity contribution in [2.45, 2.75) is 19.8 Å². The number of rotatable bonds is 4. The van der Waals surface area contributed by atoms with Crippen LogP contribution in [0.25, 0.3) is 0 Å². The number of hydrogen-bond acceptors (Lipinski definition) is 3. The normalized spacial score (nSPS) is 14.6. The van der Waals surface area contributed by atoms with Gasteiger partial charge in [-0.15, -0.1) is 0 Å². The molecule has 0 bridgehead atoms. The van der Waals surface area contributed by atoms with Gasteiger partial charge in [-0.1, -0.05) is 17.9 Å². The van der Waals surface area contributed by atoms with Crippen molar-refractivity contribution < 1.29 is 13.5 Å². The molecule has 0 heterocycles. The average molecular weight is 279 g/mol. The molecule has 1 aromatic rings. The molecule has 2 N–H and O–H groups in total. The lowest BCUT2D eigenvalue weighted by Gasteiger charge is -2.10. The molecule has 1 aliphatic carbocycles. The zero-order chi connectivity index (χ0) is 13.9. The van der Waals surface area contributed by atoms with E-state index in [1.807, 2.05) is 13.0 Å². The number of hydrogen-bond donors (Lipinski definition) is 2. The quantitative estimate of drug-likeness (QED) is 0.821. The van der Waals surface area contributed by atoms with Gasteiger partial charge in [0.15, 0.2) is 0 Å². The van der Waals surface area contributed by atoms with Gasteiger partial charge in [0.05, 0.1) is 11.4 Å². The minimum Gasteiger partial charge on any atom is -0.384 e. The average Bonchev–Trinajstić information content (AvgIpc) is 3.13. The Morgan fingerprint density at radius 1 is 1.42 bits per heavy atom. The first-order valence-electron chi connectivity index (χ1n) is 6.21. The summed E-state index contributed by atoms with van der Waals surface area (Å²) < 4.78 is 26.5. The predicted octanol–water partition coefficient (Wildman–Crippen LogP) is 1.49. The van der Waals surface area contributed by atoms with Gasteiger partial charge in [-0.2, -0.15) is 0 Å². The van der Waals surface area contributed by atoms with Gasteiger partial charge in [0, 0.05) is 5.56 Å². The number of aliphatic hydroxyl groups excluding tert-OH is 1. The van der Waals surface area contributed by atoms with Crippen molar-refractivity contribution in [2.24, 2.45) is 5.92 Å². The van der Waals surface area contributed by atoms with Crippen LogP contribution in [0.4, 0.5) is 5.69 Å². The molecule has 0 radical (unpaired) electrons. The first kappa shape index (κ1) is 13.9. The van der Waals surface area contributed by atoms with E-state index in [-0.39, 0.29) is 12.4 Å². The number of benzene rings is 1. The van der Waals surface area contributed by atoms with E-state index in [4.69, 9.17) is 5.11 Å². The molecule has 0 aromatic heterocycles. The fourth-order valence-corrected chi connectivity index (χ4v) is 3.35. The van der Waals surface area contributed by atoms with E-state index in [1.54, 1.807) is 12.1 Å². The van der Waals surface area contributed by atoms with Gasteiger partial charge in [0.1, 0.15) is 6.61 Å². The lowest BCUT2D eigenvalue weighted by Crippen LogP contribution is -2.18. The van der Waals surface area contributed by atoms with Crippen molar-refractivity contribution in [1.82, 2.24) is 0 Å². The predicted molar refractivity (Wildman–Crippen MR) is 75.3 cm³/mol. The van der Waals surface area contributed by atoms with Crippen molar-refractivity contribution in [3.8, 4) is 11.8 Å². The van der Waals surface area contributed by atoms with Gasteiger partial charge in [0.25, 0.3) is 0 Å². The number of aliphatic hydroxyl groups is 1. The van der Waals surface area contributed by atoms with Crippen molar-refractivity contribution >= 4 is 15.7 Å². The summed E-state index contributed by atoms with van der Waals surface area (Å²) in [5.41, 5.74) is 2.10. The van der Waals surface area contributed by atoms with Crippen LogP contribution < -0.4 is 4.72 Å². The smallest absolute Gasteiger partial charge is 0.233 e. The Hall–Kier alpha value is -1.51. The highest BCUT2D eigenvalue weighted by Crippen LogP contribution is 2.31. The number of aryl methyl sites for hydroxylation is 1. The molecule has 5 heteroatoms. The second kappa shape index (κ2) is 5.64. The van der Waals surface area contributed by atoms with Crippen molar-refractivity contribution in [2.75, 3.05) is 17.1 Å². The zero-order valence-electron chi connectivity index (χ0n) is 10.8. The van der Waals surface area contributed by atoms with Crippen molar-refractivity contribution in [3.63, 3.8) is 0 Å². The molecule has 0 aliphatic heterocycles. The van der Waals surface area contributed by atoms with Gasteiger partial charge in [0.2, 0.25) is 10.0 Å². The van der Waals surface area contributed by atoms with Crippen LogP contribution in [0.1, 0.15) is 24.0 Å². The van der Waals surface area contributed by atoms with Crippen LogP contribution in [0.2, 0.25) is 0 Å². The first-order chi connectivity index (χ1) is 9.00. The van der Waals surface area contributed by atoms with E-state index in [9.17, 15) is 8.42 Å². The van der Waals surface area contributed by atoms with Crippen LogP contribution in [0.3, 0.4) is 0 Å². The van der Waals surface area contributed by atoms with Crippen molar-refractivity contribution in [1.29, 1.82) is 0 Å². The molecular weight excluding hydrogens is 262 g/mol. The van der Waals surface area contributed by atoms with Gasteiger partial charge in [-0.05, 0) is 43.4 Å². The van der Waals surface area contributed by atoms with Crippen molar-refractivity contribution in [3.05, 3.63) is 29.3 Å². The maximum Gasteiger partial charge on any atom is 0.233 e. The molecule has 1 aromatic carbocycles. The summed E-state index contributed by atoms with van der Waals surface area (Å²) in [5, 5.41) is 8.66. The molecule has 1 aliphatic rings. The zero-order valence-corrected chi connectivity index (χ0v) is 11.6. The van der Waals surface area contributed by atoms with Gasteiger partial charge in [-0.25, -0.2) is 8.42 Å². The van der Waals surface area contributed by atoms with Gasteiger partial charge >= 0.3 is 0 Å². The van der Waals surface area contributed by atoms with Crippen LogP contribution in [0, 0.1) is 24.7 Å². The molecule has 4 nitrogen and oxygen atoms in total. The summed E-state index contributed by atoms with van der Waals surface area (Å²) in [6.07, 6.45) is 2.00. The molecule has 1 fully saturated rings. The number of anilines is 1. The second-order valence-corrected chi connectivity index (χ2v) is 6.58.